The monoisotopic (exact) mass is 377 g/mol. The van der Waals surface area contributed by atoms with Crippen molar-refractivity contribution in [3.8, 4) is 0 Å². The molecule has 2 N–H and O–H groups in total. The van der Waals surface area contributed by atoms with Gasteiger partial charge >= 0.3 is 6.09 Å². The molecule has 0 spiro atoms. The van der Waals surface area contributed by atoms with E-state index in [9.17, 15) is 14.4 Å². The van der Waals surface area contributed by atoms with Crippen molar-refractivity contribution in [3.63, 3.8) is 0 Å². The highest BCUT2D eigenvalue weighted by atomic mass is 16.6. The van der Waals surface area contributed by atoms with Crippen molar-refractivity contribution in [1.29, 1.82) is 0 Å². The van der Waals surface area contributed by atoms with Crippen molar-refractivity contribution >= 4 is 23.6 Å². The zero-order valence-corrected chi connectivity index (χ0v) is 16.9. The van der Waals surface area contributed by atoms with Crippen LogP contribution in [-0.2, 0) is 20.7 Å². The van der Waals surface area contributed by atoms with E-state index < -0.39 is 11.7 Å². The molecule has 0 aliphatic carbocycles. The predicted octanol–water partition coefficient (Wildman–Crippen LogP) is 2.95. The van der Waals surface area contributed by atoms with E-state index in [0.717, 1.165) is 17.7 Å². The van der Waals surface area contributed by atoms with Crippen LogP contribution in [0.2, 0.25) is 0 Å². The van der Waals surface area contributed by atoms with Gasteiger partial charge in [-0.1, -0.05) is 25.1 Å². The molecule has 0 heterocycles. The molecule has 0 saturated heterocycles. The molecule has 0 radical (unpaired) electrons. The van der Waals surface area contributed by atoms with E-state index in [1.807, 2.05) is 31.2 Å². The Morgan fingerprint density at radius 1 is 1.15 bits per heavy atom. The van der Waals surface area contributed by atoms with Crippen molar-refractivity contribution in [2.75, 3.05) is 25.5 Å². The number of rotatable bonds is 8. The van der Waals surface area contributed by atoms with Gasteiger partial charge in [0.1, 0.15) is 5.60 Å². The van der Waals surface area contributed by atoms with Gasteiger partial charge in [0, 0.05) is 25.7 Å². The number of likely N-dealkylation sites (N-methyl/N-ethyl adjacent to an activating group) is 1. The van der Waals surface area contributed by atoms with Gasteiger partial charge in [0.15, 0.2) is 0 Å². The highest BCUT2D eigenvalue weighted by Crippen LogP contribution is 2.15. The van der Waals surface area contributed by atoms with Crippen LogP contribution in [0.4, 0.5) is 10.5 Å². The maximum atomic E-state index is 12.2. The summed E-state index contributed by atoms with van der Waals surface area (Å²) in [6.45, 7) is 7.70. The number of nitrogens with zero attached hydrogens (tertiary/aromatic N) is 1. The fraction of sp³-hybridized carbons (Fsp3) is 0.550. The maximum Gasteiger partial charge on any atom is 0.407 e. The molecular weight excluding hydrogens is 346 g/mol. The van der Waals surface area contributed by atoms with Gasteiger partial charge in [0.05, 0.1) is 6.54 Å². The fourth-order valence-electron chi connectivity index (χ4n) is 2.38. The molecule has 0 aromatic heterocycles. The number of hydrogen-bond donors (Lipinski definition) is 2. The first-order chi connectivity index (χ1) is 12.6. The van der Waals surface area contributed by atoms with Crippen molar-refractivity contribution in [3.05, 3.63) is 29.8 Å². The number of aryl methyl sites for hydroxylation is 1. The first-order valence-corrected chi connectivity index (χ1v) is 9.21. The average molecular weight is 377 g/mol. The largest absolute Gasteiger partial charge is 0.444 e. The first-order valence-electron chi connectivity index (χ1n) is 9.21. The third-order valence-electron chi connectivity index (χ3n) is 3.71. The number of carbonyl (C=O) groups excluding carboxylic acids is 3. The van der Waals surface area contributed by atoms with Gasteiger partial charge in [-0.3, -0.25) is 9.59 Å². The molecule has 0 bridgehead atoms. The van der Waals surface area contributed by atoms with Gasteiger partial charge in [0.2, 0.25) is 11.8 Å². The summed E-state index contributed by atoms with van der Waals surface area (Å²) in [5.41, 5.74) is 1.27. The van der Waals surface area contributed by atoms with Gasteiger partial charge in [-0.15, -0.1) is 0 Å². The summed E-state index contributed by atoms with van der Waals surface area (Å²) in [7, 11) is 1.59. The maximum absolute atomic E-state index is 12.2. The molecule has 0 atom stereocenters. The Labute approximate surface area is 161 Å². The SMILES string of the molecule is CCc1ccccc1NC(=O)CN(C)C(=O)CCCNC(=O)OC(C)(C)C. The Bertz CT molecular complexity index is 653. The smallest absolute Gasteiger partial charge is 0.407 e. The number of alkyl carbamates (subject to hydrolysis) is 1. The molecule has 27 heavy (non-hydrogen) atoms. The fourth-order valence-corrected chi connectivity index (χ4v) is 2.38. The van der Waals surface area contributed by atoms with Crippen molar-refractivity contribution < 1.29 is 19.1 Å². The van der Waals surface area contributed by atoms with E-state index >= 15 is 0 Å². The summed E-state index contributed by atoms with van der Waals surface area (Å²) in [6, 6.07) is 7.60. The summed E-state index contributed by atoms with van der Waals surface area (Å²) < 4.78 is 5.12. The Kier molecular flexibility index (Phi) is 8.78. The Balaban J connectivity index is 2.33. The topological polar surface area (TPSA) is 87.7 Å². The molecule has 1 aromatic rings. The summed E-state index contributed by atoms with van der Waals surface area (Å²) in [4.78, 5) is 37.2. The predicted molar refractivity (Wildman–Crippen MR) is 106 cm³/mol. The molecule has 0 unspecified atom stereocenters. The first kappa shape index (κ1) is 22.5. The zero-order chi connectivity index (χ0) is 20.4. The third-order valence-corrected chi connectivity index (χ3v) is 3.71. The van der Waals surface area contributed by atoms with E-state index in [2.05, 4.69) is 10.6 Å². The van der Waals surface area contributed by atoms with Crippen LogP contribution in [0.1, 0.15) is 46.1 Å². The van der Waals surface area contributed by atoms with Gasteiger partial charge in [0.25, 0.3) is 0 Å². The minimum Gasteiger partial charge on any atom is -0.444 e. The van der Waals surface area contributed by atoms with Gasteiger partial charge in [-0.05, 0) is 45.2 Å². The molecule has 3 amide bonds. The highest BCUT2D eigenvalue weighted by molar-refractivity contribution is 5.95. The number of nitrogens with one attached hydrogen (secondary N) is 2. The quantitative estimate of drug-likeness (QED) is 0.682. The lowest BCUT2D eigenvalue weighted by Crippen LogP contribution is -2.36. The standard InChI is InChI=1S/C20H31N3O4/c1-6-15-10-7-8-11-16(15)22-17(24)14-23(5)18(25)12-9-13-21-19(26)27-20(2,3)4/h7-8,10-11H,6,9,12-14H2,1-5H3,(H,21,26)(H,22,24). The molecule has 0 aliphatic heterocycles. The second-order valence-electron chi connectivity index (χ2n) is 7.34. The average Bonchev–Trinajstić information content (AvgIpc) is 2.57. The van der Waals surface area contributed by atoms with Crippen LogP contribution in [-0.4, -0.2) is 48.5 Å². The Morgan fingerprint density at radius 3 is 2.44 bits per heavy atom. The van der Waals surface area contributed by atoms with Crippen LogP contribution in [0.15, 0.2) is 24.3 Å². The molecule has 0 fully saturated rings. The Morgan fingerprint density at radius 2 is 1.81 bits per heavy atom. The summed E-state index contributed by atoms with van der Waals surface area (Å²) in [5, 5.41) is 5.45. The second kappa shape index (κ2) is 10.5. The number of carbonyl (C=O) groups is 3. The molecular formula is C20H31N3O4. The minimum absolute atomic E-state index is 0.0175. The zero-order valence-electron chi connectivity index (χ0n) is 16.9. The summed E-state index contributed by atoms with van der Waals surface area (Å²) in [6.07, 6.45) is 1.03. The molecule has 0 saturated carbocycles. The number of amides is 3. The van der Waals surface area contributed by atoms with Gasteiger partial charge in [-0.25, -0.2) is 4.79 Å². The third kappa shape index (κ3) is 9.08. The lowest BCUT2D eigenvalue weighted by Gasteiger charge is -2.20. The van der Waals surface area contributed by atoms with E-state index in [1.54, 1.807) is 27.8 Å². The van der Waals surface area contributed by atoms with Crippen LogP contribution in [0.25, 0.3) is 0 Å². The molecule has 7 nitrogen and oxygen atoms in total. The van der Waals surface area contributed by atoms with Crippen LogP contribution in [0.5, 0.6) is 0 Å². The molecule has 150 valence electrons. The van der Waals surface area contributed by atoms with Crippen LogP contribution in [0.3, 0.4) is 0 Å². The molecule has 1 aromatic carbocycles. The number of ether oxygens (including phenoxy) is 1. The van der Waals surface area contributed by atoms with E-state index in [1.165, 1.54) is 4.90 Å². The normalized spacial score (nSPS) is 10.9. The molecule has 7 heteroatoms. The van der Waals surface area contributed by atoms with Gasteiger partial charge in [-0.2, -0.15) is 0 Å². The second-order valence-corrected chi connectivity index (χ2v) is 7.34. The molecule has 0 aliphatic rings. The minimum atomic E-state index is -0.552. The number of anilines is 1. The van der Waals surface area contributed by atoms with Crippen LogP contribution >= 0.6 is 0 Å². The number of benzene rings is 1. The van der Waals surface area contributed by atoms with Crippen LogP contribution < -0.4 is 10.6 Å². The van der Waals surface area contributed by atoms with Crippen molar-refractivity contribution in [1.82, 2.24) is 10.2 Å². The summed E-state index contributed by atoms with van der Waals surface area (Å²) in [5.74, 6) is -0.390. The van der Waals surface area contributed by atoms with Crippen molar-refractivity contribution in [2.24, 2.45) is 0 Å². The lowest BCUT2D eigenvalue weighted by atomic mass is 10.1. The summed E-state index contributed by atoms with van der Waals surface area (Å²) >= 11 is 0. The van der Waals surface area contributed by atoms with E-state index in [0.29, 0.717) is 13.0 Å². The van der Waals surface area contributed by atoms with E-state index in [4.69, 9.17) is 4.74 Å². The van der Waals surface area contributed by atoms with E-state index in [-0.39, 0.29) is 24.8 Å². The number of hydrogen-bond acceptors (Lipinski definition) is 4. The van der Waals surface area contributed by atoms with Crippen molar-refractivity contribution in [2.45, 2.75) is 52.6 Å². The Hall–Kier alpha value is -2.57. The molecule has 1 rings (SSSR count). The highest BCUT2D eigenvalue weighted by Gasteiger charge is 2.16. The lowest BCUT2D eigenvalue weighted by molar-refractivity contribution is -0.133. The van der Waals surface area contributed by atoms with Gasteiger partial charge < -0.3 is 20.3 Å². The number of para-hydroxylation sites is 1. The van der Waals surface area contributed by atoms with Crippen LogP contribution in [0, 0.1) is 0 Å².